The Balaban J connectivity index is 1.85. The van der Waals surface area contributed by atoms with Crippen molar-refractivity contribution in [3.63, 3.8) is 0 Å². The first-order valence-electron chi connectivity index (χ1n) is 7.89. The number of sulfone groups is 1. The molecule has 8 nitrogen and oxygen atoms in total. The molecule has 0 bridgehead atoms. The lowest BCUT2D eigenvalue weighted by atomic mass is 10.2. The summed E-state index contributed by atoms with van der Waals surface area (Å²) >= 11 is 0. The van der Waals surface area contributed by atoms with Crippen molar-refractivity contribution in [3.8, 4) is 0 Å². The van der Waals surface area contributed by atoms with Crippen molar-refractivity contribution in [2.45, 2.75) is 17.4 Å². The van der Waals surface area contributed by atoms with Gasteiger partial charge in [0.2, 0.25) is 5.91 Å². The Labute approximate surface area is 150 Å². The lowest BCUT2D eigenvalue weighted by Crippen LogP contribution is -2.33. The fourth-order valence-corrected chi connectivity index (χ4v) is 3.52. The van der Waals surface area contributed by atoms with Gasteiger partial charge >= 0.3 is 0 Å². The fourth-order valence-electron chi connectivity index (χ4n) is 2.88. The molecule has 26 heavy (non-hydrogen) atoms. The lowest BCUT2D eigenvalue weighted by Gasteiger charge is -2.17. The molecule has 1 aliphatic rings. The quantitative estimate of drug-likeness (QED) is 0.634. The molecule has 0 radical (unpaired) electrons. The Kier molecular flexibility index (Phi) is 4.64. The number of hydrogen-bond acceptors (Lipinski definition) is 6. The van der Waals surface area contributed by atoms with Gasteiger partial charge in [-0.3, -0.25) is 14.9 Å². The molecule has 1 fully saturated rings. The molecule has 0 aliphatic carbocycles. The molecule has 136 valence electrons. The second-order valence-corrected chi connectivity index (χ2v) is 8.03. The molecule has 9 heteroatoms. The lowest BCUT2D eigenvalue weighted by molar-refractivity contribution is -0.384. The first kappa shape index (κ1) is 17.9. The van der Waals surface area contributed by atoms with E-state index in [4.69, 9.17) is 0 Å². The van der Waals surface area contributed by atoms with Gasteiger partial charge in [-0.1, -0.05) is 18.2 Å². The van der Waals surface area contributed by atoms with E-state index < -0.39 is 20.8 Å². The van der Waals surface area contributed by atoms with Gasteiger partial charge in [0.25, 0.3) is 5.69 Å². The Morgan fingerprint density at radius 3 is 2.50 bits per heavy atom. The first-order valence-corrected chi connectivity index (χ1v) is 9.78. The van der Waals surface area contributed by atoms with Crippen molar-refractivity contribution in [1.29, 1.82) is 0 Å². The summed E-state index contributed by atoms with van der Waals surface area (Å²) in [5.74, 6) is -0.183. The van der Waals surface area contributed by atoms with Crippen molar-refractivity contribution in [2.24, 2.45) is 0 Å². The van der Waals surface area contributed by atoms with Crippen molar-refractivity contribution in [2.75, 3.05) is 23.0 Å². The van der Waals surface area contributed by atoms with Gasteiger partial charge in [0.1, 0.15) is 11.7 Å². The molecular weight excluding hydrogens is 358 g/mol. The summed E-state index contributed by atoms with van der Waals surface area (Å²) in [6.07, 6.45) is 1.47. The molecular formula is C17H17N3O5S. The number of para-hydroxylation sites is 1. The van der Waals surface area contributed by atoms with E-state index in [-0.39, 0.29) is 22.2 Å². The van der Waals surface area contributed by atoms with Crippen LogP contribution in [0.4, 0.5) is 17.1 Å². The highest BCUT2D eigenvalue weighted by molar-refractivity contribution is 7.90. The summed E-state index contributed by atoms with van der Waals surface area (Å²) in [6, 6.07) is 12.2. The number of nitrogens with one attached hydrogen (secondary N) is 1. The van der Waals surface area contributed by atoms with Crippen LogP contribution in [0.3, 0.4) is 0 Å². The monoisotopic (exact) mass is 375 g/mol. The van der Waals surface area contributed by atoms with E-state index in [1.165, 1.54) is 12.1 Å². The predicted octanol–water partition coefficient (Wildman–Crippen LogP) is 2.22. The van der Waals surface area contributed by atoms with Crippen molar-refractivity contribution in [3.05, 3.63) is 58.6 Å². The second kappa shape index (κ2) is 6.75. The summed E-state index contributed by atoms with van der Waals surface area (Å²) in [5.41, 5.74) is 0.512. The maximum absolute atomic E-state index is 12.6. The van der Waals surface area contributed by atoms with E-state index in [9.17, 15) is 23.3 Å². The number of nitro benzene ring substituents is 1. The minimum Gasteiger partial charge on any atom is -0.368 e. The molecule has 2 aromatic carbocycles. The summed E-state index contributed by atoms with van der Waals surface area (Å²) in [7, 11) is -3.57. The highest BCUT2D eigenvalue weighted by Crippen LogP contribution is 2.30. The molecule has 0 spiro atoms. The summed E-state index contributed by atoms with van der Waals surface area (Å²) in [5, 5.41) is 14.2. The van der Waals surface area contributed by atoms with E-state index in [2.05, 4.69) is 5.32 Å². The van der Waals surface area contributed by atoms with Gasteiger partial charge in [-0.15, -0.1) is 0 Å². The van der Waals surface area contributed by atoms with Crippen molar-refractivity contribution >= 4 is 32.8 Å². The number of carbonyl (C=O) groups is 1. The molecule has 1 saturated heterocycles. The van der Waals surface area contributed by atoms with Crippen LogP contribution in [0.1, 0.15) is 6.42 Å². The zero-order valence-corrected chi connectivity index (χ0v) is 14.8. The van der Waals surface area contributed by atoms with Crippen LogP contribution < -0.4 is 10.2 Å². The van der Waals surface area contributed by atoms with Crippen LogP contribution in [-0.4, -0.2) is 38.1 Å². The largest absolute Gasteiger partial charge is 0.368 e. The maximum Gasteiger partial charge on any atom is 0.293 e. The SMILES string of the molecule is CS(=O)(=O)c1ccc(NC2CCN(c3ccccc3)C2=O)c([N+](=O)[O-])c1. The predicted molar refractivity (Wildman–Crippen MR) is 97.0 cm³/mol. The number of nitrogens with zero attached hydrogens (tertiary/aromatic N) is 2. The molecule has 3 rings (SSSR count). The number of hydrogen-bond donors (Lipinski definition) is 1. The Hall–Kier alpha value is -2.94. The molecule has 1 heterocycles. The van der Waals surface area contributed by atoms with E-state index in [1.807, 2.05) is 30.3 Å². The Bertz CT molecular complexity index is 960. The summed E-state index contributed by atoms with van der Waals surface area (Å²) < 4.78 is 23.2. The minimum atomic E-state index is -3.57. The van der Waals surface area contributed by atoms with Gasteiger partial charge in [0.05, 0.1) is 9.82 Å². The van der Waals surface area contributed by atoms with Gasteiger partial charge in [-0.2, -0.15) is 0 Å². The smallest absolute Gasteiger partial charge is 0.293 e. The van der Waals surface area contributed by atoms with Crippen LogP contribution in [0.25, 0.3) is 0 Å². The Morgan fingerprint density at radius 1 is 1.19 bits per heavy atom. The third-order valence-electron chi connectivity index (χ3n) is 4.20. The van der Waals surface area contributed by atoms with Crippen molar-refractivity contribution < 1.29 is 18.1 Å². The molecule has 1 unspecified atom stereocenters. The van der Waals surface area contributed by atoms with Gasteiger partial charge in [0.15, 0.2) is 9.84 Å². The molecule has 1 atom stereocenters. The van der Waals surface area contributed by atoms with E-state index in [0.29, 0.717) is 13.0 Å². The highest BCUT2D eigenvalue weighted by atomic mass is 32.2. The molecule has 1 amide bonds. The van der Waals surface area contributed by atoms with Crippen LogP contribution in [0.5, 0.6) is 0 Å². The molecule has 1 N–H and O–H groups in total. The summed E-state index contributed by atoms with van der Waals surface area (Å²) in [4.78, 5) is 24.8. The van der Waals surface area contributed by atoms with E-state index in [0.717, 1.165) is 18.0 Å². The van der Waals surface area contributed by atoms with Gasteiger partial charge in [-0.25, -0.2) is 8.42 Å². The third-order valence-corrected chi connectivity index (χ3v) is 5.31. The first-order chi connectivity index (χ1) is 12.3. The normalized spacial score (nSPS) is 17.3. The van der Waals surface area contributed by atoms with Gasteiger partial charge < -0.3 is 10.2 Å². The average Bonchev–Trinajstić information content (AvgIpc) is 2.95. The summed E-state index contributed by atoms with van der Waals surface area (Å²) in [6.45, 7) is 0.496. The number of amides is 1. The van der Waals surface area contributed by atoms with Crippen LogP contribution in [-0.2, 0) is 14.6 Å². The van der Waals surface area contributed by atoms with E-state index >= 15 is 0 Å². The minimum absolute atomic E-state index is 0.121. The number of carbonyl (C=O) groups excluding carboxylic acids is 1. The molecule has 0 aromatic heterocycles. The van der Waals surface area contributed by atoms with Crippen LogP contribution in [0, 0.1) is 10.1 Å². The second-order valence-electron chi connectivity index (χ2n) is 6.02. The third kappa shape index (κ3) is 3.52. The molecule has 2 aromatic rings. The standard InChI is InChI=1S/C17H17N3O5S/c1-26(24,25)13-7-8-14(16(11-13)20(22)23)18-15-9-10-19(17(15)21)12-5-3-2-4-6-12/h2-8,11,15,18H,9-10H2,1H3. The highest BCUT2D eigenvalue weighted by Gasteiger charge is 2.33. The van der Waals surface area contributed by atoms with Crippen molar-refractivity contribution in [1.82, 2.24) is 0 Å². The van der Waals surface area contributed by atoms with Crippen LogP contribution in [0.2, 0.25) is 0 Å². The molecule has 1 aliphatic heterocycles. The number of nitro groups is 1. The zero-order chi connectivity index (χ0) is 18.9. The average molecular weight is 375 g/mol. The number of anilines is 2. The Morgan fingerprint density at radius 2 is 1.88 bits per heavy atom. The van der Waals surface area contributed by atoms with Gasteiger partial charge in [0, 0.05) is 24.6 Å². The van der Waals surface area contributed by atoms with Gasteiger partial charge in [-0.05, 0) is 30.7 Å². The fraction of sp³-hybridized carbons (Fsp3) is 0.235. The topological polar surface area (TPSA) is 110 Å². The number of rotatable bonds is 5. The van der Waals surface area contributed by atoms with Crippen LogP contribution >= 0.6 is 0 Å². The van der Waals surface area contributed by atoms with E-state index in [1.54, 1.807) is 4.90 Å². The zero-order valence-electron chi connectivity index (χ0n) is 14.0. The van der Waals surface area contributed by atoms with Crippen LogP contribution in [0.15, 0.2) is 53.4 Å². The maximum atomic E-state index is 12.6. The number of benzene rings is 2. The molecule has 0 saturated carbocycles.